The van der Waals surface area contributed by atoms with Crippen LogP contribution in [-0.2, 0) is 15.1 Å². The van der Waals surface area contributed by atoms with E-state index in [2.05, 4.69) is 5.32 Å². The molecule has 0 aromatic heterocycles. The molecule has 24 heavy (non-hydrogen) atoms. The highest BCUT2D eigenvalue weighted by Crippen LogP contribution is 2.31. The number of halogens is 1. The van der Waals surface area contributed by atoms with Crippen molar-refractivity contribution in [2.45, 2.75) is 25.3 Å². The summed E-state index contributed by atoms with van der Waals surface area (Å²) in [5.41, 5.74) is -0.552. The lowest BCUT2D eigenvalue weighted by Crippen LogP contribution is -2.44. The van der Waals surface area contributed by atoms with Gasteiger partial charge in [0.05, 0.1) is 0 Å². The first-order valence-corrected chi connectivity index (χ1v) is 8.33. The van der Waals surface area contributed by atoms with Crippen molar-refractivity contribution in [3.8, 4) is 0 Å². The molecule has 1 unspecified atom stereocenters. The summed E-state index contributed by atoms with van der Waals surface area (Å²) in [5, 5.41) is 3.24. The third-order valence-electron chi connectivity index (χ3n) is 4.64. The van der Waals surface area contributed by atoms with Crippen molar-refractivity contribution in [3.63, 3.8) is 0 Å². The van der Waals surface area contributed by atoms with Gasteiger partial charge < -0.3 is 10.2 Å². The lowest BCUT2D eigenvalue weighted by molar-refractivity contribution is -0.138. The van der Waals surface area contributed by atoms with Gasteiger partial charge in [-0.3, -0.25) is 14.5 Å². The molecule has 6 nitrogen and oxygen atoms in total. The molecule has 1 atom stereocenters. The largest absolute Gasteiger partial charge is 0.344 e. The number of urea groups is 1. The average molecular weight is 350 g/mol. The van der Waals surface area contributed by atoms with Crippen LogP contribution in [0.1, 0.15) is 25.3 Å². The molecule has 4 amide bonds. The van der Waals surface area contributed by atoms with E-state index in [-0.39, 0.29) is 12.5 Å². The van der Waals surface area contributed by atoms with Crippen LogP contribution >= 0.6 is 11.6 Å². The van der Waals surface area contributed by atoms with Crippen molar-refractivity contribution in [1.29, 1.82) is 0 Å². The predicted molar refractivity (Wildman–Crippen MR) is 89.4 cm³/mol. The van der Waals surface area contributed by atoms with Crippen molar-refractivity contribution in [3.05, 3.63) is 34.9 Å². The van der Waals surface area contributed by atoms with Gasteiger partial charge in [0.1, 0.15) is 12.1 Å². The molecular formula is C17H20ClN3O3. The number of imide groups is 1. The van der Waals surface area contributed by atoms with Gasteiger partial charge in [-0.2, -0.15) is 0 Å². The number of likely N-dealkylation sites (N-methyl/N-ethyl adjacent to an activating group) is 1. The molecule has 1 aliphatic heterocycles. The Bertz CT molecular complexity index is 687. The average Bonchev–Trinajstić information content (AvgIpc) is 3.32. The smallest absolute Gasteiger partial charge is 0.325 e. The lowest BCUT2D eigenvalue weighted by atomic mass is 9.92. The van der Waals surface area contributed by atoms with Crippen LogP contribution in [0.15, 0.2) is 24.3 Å². The molecule has 2 aliphatic rings. The molecule has 128 valence electrons. The summed E-state index contributed by atoms with van der Waals surface area (Å²) < 4.78 is 0. The van der Waals surface area contributed by atoms with Gasteiger partial charge >= 0.3 is 6.03 Å². The van der Waals surface area contributed by atoms with Crippen LogP contribution in [-0.4, -0.2) is 47.8 Å². The Labute approximate surface area is 145 Å². The third kappa shape index (κ3) is 3.11. The molecule has 1 heterocycles. The number of nitrogens with zero attached hydrogens (tertiary/aromatic N) is 2. The van der Waals surface area contributed by atoms with E-state index in [9.17, 15) is 14.4 Å². The van der Waals surface area contributed by atoms with Crippen LogP contribution in [0.5, 0.6) is 0 Å². The second kappa shape index (κ2) is 6.09. The minimum absolute atomic E-state index is 0.231. The van der Waals surface area contributed by atoms with Gasteiger partial charge in [0.2, 0.25) is 5.91 Å². The molecule has 1 aromatic rings. The topological polar surface area (TPSA) is 69.7 Å². The first-order chi connectivity index (χ1) is 11.3. The molecule has 0 spiro atoms. The first kappa shape index (κ1) is 16.8. The minimum Gasteiger partial charge on any atom is -0.344 e. The van der Waals surface area contributed by atoms with E-state index in [1.54, 1.807) is 43.1 Å². The Morgan fingerprint density at radius 3 is 2.54 bits per heavy atom. The Hall–Kier alpha value is -2.08. The fourth-order valence-electron chi connectivity index (χ4n) is 2.86. The number of carbonyl (C=O) groups is 3. The monoisotopic (exact) mass is 349 g/mol. The number of rotatable bonds is 5. The van der Waals surface area contributed by atoms with Crippen LogP contribution in [0.2, 0.25) is 5.02 Å². The van der Waals surface area contributed by atoms with Crippen LogP contribution in [0.4, 0.5) is 4.79 Å². The maximum atomic E-state index is 12.8. The van der Waals surface area contributed by atoms with Crippen molar-refractivity contribution >= 4 is 29.4 Å². The Balaban J connectivity index is 1.73. The zero-order valence-corrected chi connectivity index (χ0v) is 14.5. The molecule has 7 heteroatoms. The number of nitrogens with one attached hydrogen (secondary N) is 1. The summed E-state index contributed by atoms with van der Waals surface area (Å²) in [6.07, 6.45) is 2.27. The van der Waals surface area contributed by atoms with Crippen LogP contribution in [0.25, 0.3) is 0 Å². The van der Waals surface area contributed by atoms with Crippen LogP contribution in [0.3, 0.4) is 0 Å². The second-order valence-electron chi connectivity index (χ2n) is 6.67. The third-order valence-corrected chi connectivity index (χ3v) is 4.90. The number of hydrogen-bond acceptors (Lipinski definition) is 3. The molecule has 1 saturated carbocycles. The molecular weight excluding hydrogens is 330 g/mol. The Morgan fingerprint density at radius 2 is 1.96 bits per heavy atom. The molecule has 1 aromatic carbocycles. The van der Waals surface area contributed by atoms with Crippen molar-refractivity contribution in [1.82, 2.24) is 15.1 Å². The Kier molecular flexibility index (Phi) is 4.25. The molecule has 0 bridgehead atoms. The highest BCUT2D eigenvalue weighted by atomic mass is 35.5. The van der Waals surface area contributed by atoms with Gasteiger partial charge in [-0.05, 0) is 43.4 Å². The molecule has 1 aliphatic carbocycles. The molecule has 2 fully saturated rings. The van der Waals surface area contributed by atoms with Gasteiger partial charge in [0.15, 0.2) is 0 Å². The fraction of sp³-hybridized carbons (Fsp3) is 0.471. The quantitative estimate of drug-likeness (QED) is 0.826. The van der Waals surface area contributed by atoms with Gasteiger partial charge in [-0.15, -0.1) is 0 Å². The first-order valence-electron chi connectivity index (χ1n) is 7.95. The summed E-state index contributed by atoms with van der Waals surface area (Å²) in [6.45, 7) is 2.07. The van der Waals surface area contributed by atoms with Gasteiger partial charge in [-0.1, -0.05) is 23.7 Å². The summed E-state index contributed by atoms with van der Waals surface area (Å²) in [4.78, 5) is 39.8. The lowest BCUT2D eigenvalue weighted by Gasteiger charge is -2.23. The number of carbonyl (C=O) groups excluding carboxylic acids is 3. The molecule has 3 rings (SSSR count). The maximum absolute atomic E-state index is 12.8. The zero-order chi connectivity index (χ0) is 17.5. The van der Waals surface area contributed by atoms with E-state index in [0.717, 1.165) is 17.7 Å². The van der Waals surface area contributed by atoms with Crippen LogP contribution < -0.4 is 5.32 Å². The van der Waals surface area contributed by atoms with E-state index >= 15 is 0 Å². The number of benzene rings is 1. The van der Waals surface area contributed by atoms with Gasteiger partial charge in [0.25, 0.3) is 5.91 Å². The predicted octanol–water partition coefficient (Wildman–Crippen LogP) is 1.98. The van der Waals surface area contributed by atoms with Gasteiger partial charge in [0, 0.05) is 18.6 Å². The van der Waals surface area contributed by atoms with E-state index in [1.807, 2.05) is 0 Å². The summed E-state index contributed by atoms with van der Waals surface area (Å²) in [7, 11) is 1.71. The number of hydrogen-bond donors (Lipinski definition) is 1. The standard InChI is InChI=1S/C17H20ClN3O3/c1-17(12-5-7-13(18)8-6-12)15(23)21(16(24)19-17)10-14(22)20(2)9-11-3-4-11/h5-8,11H,3-4,9-10H2,1-2H3,(H,19,24). The Morgan fingerprint density at radius 1 is 1.33 bits per heavy atom. The van der Waals surface area contributed by atoms with E-state index in [0.29, 0.717) is 23.0 Å². The molecule has 0 radical (unpaired) electrons. The highest BCUT2D eigenvalue weighted by molar-refractivity contribution is 6.30. The summed E-state index contributed by atoms with van der Waals surface area (Å²) in [6, 6.07) is 6.18. The second-order valence-corrected chi connectivity index (χ2v) is 7.11. The molecule has 1 N–H and O–H groups in total. The minimum atomic E-state index is -1.18. The van der Waals surface area contributed by atoms with Crippen molar-refractivity contribution in [2.24, 2.45) is 5.92 Å². The van der Waals surface area contributed by atoms with Crippen LogP contribution in [0, 0.1) is 5.92 Å². The van der Waals surface area contributed by atoms with Gasteiger partial charge in [-0.25, -0.2) is 4.79 Å². The van der Waals surface area contributed by atoms with Crippen molar-refractivity contribution < 1.29 is 14.4 Å². The summed E-state index contributed by atoms with van der Waals surface area (Å²) in [5.74, 6) is -0.102. The fourth-order valence-corrected chi connectivity index (χ4v) is 2.99. The number of amides is 4. The highest BCUT2D eigenvalue weighted by Gasteiger charge is 2.49. The van der Waals surface area contributed by atoms with E-state index < -0.39 is 17.5 Å². The van der Waals surface area contributed by atoms with E-state index in [1.165, 1.54) is 0 Å². The maximum Gasteiger partial charge on any atom is 0.325 e. The zero-order valence-electron chi connectivity index (χ0n) is 13.7. The van der Waals surface area contributed by atoms with E-state index in [4.69, 9.17) is 11.6 Å². The summed E-state index contributed by atoms with van der Waals surface area (Å²) >= 11 is 5.87. The molecule has 1 saturated heterocycles. The normalized spacial score (nSPS) is 23.4. The van der Waals surface area contributed by atoms with Crippen molar-refractivity contribution in [2.75, 3.05) is 20.1 Å². The SMILES string of the molecule is CN(CC1CC1)C(=O)CN1C(=O)NC(C)(c2ccc(Cl)cc2)C1=O.